The minimum absolute atomic E-state index is 0.0254. The van der Waals surface area contributed by atoms with Gasteiger partial charge < -0.3 is 9.80 Å². The van der Waals surface area contributed by atoms with Crippen LogP contribution in [0.1, 0.15) is 15.2 Å². The van der Waals surface area contributed by atoms with Crippen LogP contribution in [0.2, 0.25) is 0 Å². The second kappa shape index (κ2) is 7.91. The van der Waals surface area contributed by atoms with Gasteiger partial charge in [-0.1, -0.05) is 36.4 Å². The number of carbonyl (C=O) groups excluding carboxylic acids is 1. The fourth-order valence-electron chi connectivity index (χ4n) is 3.51. The Morgan fingerprint density at radius 3 is 2.31 bits per heavy atom. The number of alkyl halides is 3. The molecule has 0 bridgehead atoms. The van der Waals surface area contributed by atoms with Gasteiger partial charge in [0.1, 0.15) is 0 Å². The minimum Gasteiger partial charge on any atom is -0.368 e. The van der Waals surface area contributed by atoms with Crippen LogP contribution in [0, 0.1) is 0 Å². The summed E-state index contributed by atoms with van der Waals surface area (Å²) in [5.74, 6) is -0.0254. The molecule has 2 aromatic carbocycles. The lowest BCUT2D eigenvalue weighted by Crippen LogP contribution is -2.48. The summed E-state index contributed by atoms with van der Waals surface area (Å²) in [6, 6.07) is 17.1. The molecule has 0 spiro atoms. The van der Waals surface area contributed by atoms with Gasteiger partial charge in [0.05, 0.1) is 10.4 Å². The van der Waals surface area contributed by atoms with Gasteiger partial charge in [-0.05, 0) is 35.2 Å². The number of thiophene rings is 1. The number of piperazine rings is 1. The quantitative estimate of drug-likeness (QED) is 0.571. The molecule has 29 heavy (non-hydrogen) atoms. The first-order valence-electron chi connectivity index (χ1n) is 9.28. The molecule has 0 aliphatic carbocycles. The number of hydrogen-bond donors (Lipinski definition) is 0. The normalized spacial score (nSPS) is 14.9. The number of rotatable bonds is 3. The largest absolute Gasteiger partial charge is 0.416 e. The van der Waals surface area contributed by atoms with Crippen LogP contribution in [-0.4, -0.2) is 37.0 Å². The van der Waals surface area contributed by atoms with Crippen molar-refractivity contribution in [1.82, 2.24) is 4.90 Å². The lowest BCUT2D eigenvalue weighted by atomic mass is 10.1. The maximum atomic E-state index is 13.1. The molecule has 2 heterocycles. The summed E-state index contributed by atoms with van der Waals surface area (Å²) in [4.78, 5) is 17.4. The summed E-state index contributed by atoms with van der Waals surface area (Å²) < 4.78 is 38.9. The van der Waals surface area contributed by atoms with Crippen LogP contribution in [0.5, 0.6) is 0 Å². The van der Waals surface area contributed by atoms with E-state index in [0.29, 0.717) is 36.7 Å². The third-order valence-corrected chi connectivity index (χ3v) is 5.95. The van der Waals surface area contributed by atoms with E-state index in [2.05, 4.69) is 0 Å². The van der Waals surface area contributed by atoms with Gasteiger partial charge in [0.2, 0.25) is 0 Å². The molecule has 7 heteroatoms. The first-order valence-corrected chi connectivity index (χ1v) is 10.2. The molecule has 1 aromatic heterocycles. The summed E-state index contributed by atoms with van der Waals surface area (Å²) in [5, 5.41) is 1.91. The summed E-state index contributed by atoms with van der Waals surface area (Å²) in [5.41, 5.74) is 1.80. The number of carbonyl (C=O) groups is 1. The molecule has 0 saturated carbocycles. The summed E-state index contributed by atoms with van der Waals surface area (Å²) in [7, 11) is 0. The summed E-state index contributed by atoms with van der Waals surface area (Å²) >= 11 is 1.42. The Morgan fingerprint density at radius 1 is 0.897 bits per heavy atom. The standard InChI is InChI=1S/C22H19F3N2OS/c23-22(24,25)17-7-4-8-18(15-17)26-10-12-27(13-11-26)21(28)20-19(9-14-29-20)16-5-2-1-3-6-16/h1-9,14-15H,10-13H2. The first kappa shape index (κ1) is 19.5. The van der Waals surface area contributed by atoms with Gasteiger partial charge in [-0.3, -0.25) is 4.79 Å². The van der Waals surface area contributed by atoms with Crippen molar-refractivity contribution in [2.75, 3.05) is 31.1 Å². The average Bonchev–Trinajstić information content (AvgIpc) is 3.23. The van der Waals surface area contributed by atoms with Gasteiger partial charge in [0.25, 0.3) is 5.91 Å². The third kappa shape index (κ3) is 4.15. The fourth-order valence-corrected chi connectivity index (χ4v) is 4.39. The van der Waals surface area contributed by atoms with Crippen molar-refractivity contribution in [3.05, 3.63) is 76.5 Å². The highest BCUT2D eigenvalue weighted by atomic mass is 32.1. The molecular weight excluding hydrogens is 397 g/mol. The molecule has 0 atom stereocenters. The van der Waals surface area contributed by atoms with E-state index in [9.17, 15) is 18.0 Å². The molecular formula is C22H19F3N2OS. The highest BCUT2D eigenvalue weighted by Gasteiger charge is 2.31. The monoisotopic (exact) mass is 416 g/mol. The maximum absolute atomic E-state index is 13.1. The van der Waals surface area contributed by atoms with Crippen molar-refractivity contribution >= 4 is 22.9 Å². The number of anilines is 1. The van der Waals surface area contributed by atoms with Crippen LogP contribution in [0.15, 0.2) is 66.0 Å². The average molecular weight is 416 g/mol. The zero-order valence-corrected chi connectivity index (χ0v) is 16.3. The molecule has 1 amide bonds. The van der Waals surface area contributed by atoms with E-state index < -0.39 is 11.7 Å². The first-order chi connectivity index (χ1) is 13.9. The van der Waals surface area contributed by atoms with Crippen LogP contribution in [0.3, 0.4) is 0 Å². The molecule has 1 fully saturated rings. The second-order valence-corrected chi connectivity index (χ2v) is 7.77. The van der Waals surface area contributed by atoms with E-state index in [1.54, 1.807) is 11.0 Å². The molecule has 150 valence electrons. The van der Waals surface area contributed by atoms with Crippen molar-refractivity contribution in [1.29, 1.82) is 0 Å². The van der Waals surface area contributed by atoms with E-state index in [1.807, 2.05) is 46.7 Å². The van der Waals surface area contributed by atoms with Crippen molar-refractivity contribution in [2.24, 2.45) is 0 Å². The fraction of sp³-hybridized carbons (Fsp3) is 0.227. The molecule has 0 radical (unpaired) electrons. The van der Waals surface area contributed by atoms with Gasteiger partial charge in [0, 0.05) is 37.4 Å². The zero-order valence-electron chi connectivity index (χ0n) is 15.5. The zero-order chi connectivity index (χ0) is 20.4. The highest BCUT2D eigenvalue weighted by molar-refractivity contribution is 7.12. The van der Waals surface area contributed by atoms with E-state index >= 15 is 0 Å². The Balaban J connectivity index is 1.46. The third-order valence-electron chi connectivity index (χ3n) is 5.05. The molecule has 1 saturated heterocycles. The summed E-state index contributed by atoms with van der Waals surface area (Å²) in [6.45, 7) is 1.95. The van der Waals surface area contributed by atoms with E-state index in [1.165, 1.54) is 23.5 Å². The van der Waals surface area contributed by atoms with E-state index in [-0.39, 0.29) is 5.91 Å². The Bertz CT molecular complexity index is 993. The SMILES string of the molecule is O=C(c1sccc1-c1ccccc1)N1CCN(c2cccc(C(F)(F)F)c2)CC1. The minimum atomic E-state index is -4.36. The number of amides is 1. The Morgan fingerprint density at radius 2 is 1.62 bits per heavy atom. The van der Waals surface area contributed by atoms with Gasteiger partial charge in [-0.15, -0.1) is 11.3 Å². The van der Waals surface area contributed by atoms with Crippen LogP contribution >= 0.6 is 11.3 Å². The second-order valence-electron chi connectivity index (χ2n) is 6.86. The van der Waals surface area contributed by atoms with Crippen molar-refractivity contribution < 1.29 is 18.0 Å². The lowest BCUT2D eigenvalue weighted by molar-refractivity contribution is -0.137. The molecule has 0 unspecified atom stereocenters. The van der Waals surface area contributed by atoms with Gasteiger partial charge >= 0.3 is 6.18 Å². The number of nitrogens with zero attached hydrogens (tertiary/aromatic N) is 2. The predicted molar refractivity (Wildman–Crippen MR) is 109 cm³/mol. The Hall–Kier alpha value is -2.80. The predicted octanol–water partition coefficient (Wildman–Crippen LogP) is 5.40. The van der Waals surface area contributed by atoms with Gasteiger partial charge in [-0.2, -0.15) is 13.2 Å². The molecule has 1 aliphatic rings. The van der Waals surface area contributed by atoms with Crippen LogP contribution in [0.25, 0.3) is 11.1 Å². The highest BCUT2D eigenvalue weighted by Crippen LogP contribution is 2.33. The molecule has 4 rings (SSSR count). The number of halogens is 3. The topological polar surface area (TPSA) is 23.6 Å². The van der Waals surface area contributed by atoms with Crippen LogP contribution < -0.4 is 4.90 Å². The van der Waals surface area contributed by atoms with Crippen LogP contribution in [0.4, 0.5) is 18.9 Å². The van der Waals surface area contributed by atoms with Crippen LogP contribution in [-0.2, 0) is 6.18 Å². The van der Waals surface area contributed by atoms with Crippen molar-refractivity contribution in [3.63, 3.8) is 0 Å². The number of benzene rings is 2. The molecule has 1 aliphatic heterocycles. The smallest absolute Gasteiger partial charge is 0.368 e. The van der Waals surface area contributed by atoms with Crippen molar-refractivity contribution in [3.8, 4) is 11.1 Å². The Kier molecular flexibility index (Phi) is 5.32. The van der Waals surface area contributed by atoms with Gasteiger partial charge in [-0.25, -0.2) is 0 Å². The summed E-state index contributed by atoms with van der Waals surface area (Å²) in [6.07, 6.45) is -4.36. The van der Waals surface area contributed by atoms with Crippen molar-refractivity contribution in [2.45, 2.75) is 6.18 Å². The van der Waals surface area contributed by atoms with Gasteiger partial charge in [0.15, 0.2) is 0 Å². The molecule has 3 aromatic rings. The Labute approximate surface area is 171 Å². The van der Waals surface area contributed by atoms with E-state index in [4.69, 9.17) is 0 Å². The van der Waals surface area contributed by atoms with E-state index in [0.717, 1.165) is 17.2 Å². The lowest BCUT2D eigenvalue weighted by Gasteiger charge is -2.36. The number of hydrogen-bond acceptors (Lipinski definition) is 3. The maximum Gasteiger partial charge on any atom is 0.416 e. The molecule has 0 N–H and O–H groups in total. The molecule has 3 nitrogen and oxygen atoms in total.